The first-order chi connectivity index (χ1) is 8.49. The molecule has 0 aliphatic rings. The molecule has 0 unspecified atom stereocenters. The van der Waals surface area contributed by atoms with Gasteiger partial charge in [-0.05, 0) is 42.7 Å². The lowest BCUT2D eigenvalue weighted by molar-refractivity contribution is 0.0697. The van der Waals surface area contributed by atoms with Crippen LogP contribution in [0.5, 0.6) is 0 Å². The highest BCUT2D eigenvalue weighted by Gasteiger charge is 2.12. The van der Waals surface area contributed by atoms with E-state index in [1.807, 2.05) is 38.1 Å². The van der Waals surface area contributed by atoms with E-state index in [-0.39, 0.29) is 0 Å². The second-order valence-corrected chi connectivity index (χ2v) is 4.73. The van der Waals surface area contributed by atoms with Crippen molar-refractivity contribution in [1.82, 2.24) is 0 Å². The maximum atomic E-state index is 11.3. The first kappa shape index (κ1) is 12.7. The van der Waals surface area contributed by atoms with E-state index in [1.165, 1.54) is 0 Å². The summed E-state index contributed by atoms with van der Waals surface area (Å²) in [4.78, 5) is 11.3. The monoisotopic (exact) mass is 260 g/mol. The predicted octanol–water partition coefficient (Wildman–Crippen LogP) is 4.32. The quantitative estimate of drug-likeness (QED) is 0.873. The first-order valence-corrected chi connectivity index (χ1v) is 5.97. The van der Waals surface area contributed by atoms with E-state index in [9.17, 15) is 9.90 Å². The fraction of sp³-hybridized carbons (Fsp3) is 0.133. The van der Waals surface area contributed by atoms with E-state index < -0.39 is 5.97 Å². The van der Waals surface area contributed by atoms with E-state index in [2.05, 4.69) is 0 Å². The lowest BCUT2D eigenvalue weighted by Crippen LogP contribution is -2.00. The van der Waals surface area contributed by atoms with Crippen LogP contribution in [-0.2, 0) is 0 Å². The van der Waals surface area contributed by atoms with Crippen LogP contribution in [0.3, 0.4) is 0 Å². The van der Waals surface area contributed by atoms with Crippen LogP contribution < -0.4 is 0 Å². The normalized spacial score (nSPS) is 10.4. The molecule has 18 heavy (non-hydrogen) atoms. The molecule has 2 nitrogen and oxygen atoms in total. The highest BCUT2D eigenvalue weighted by Crippen LogP contribution is 2.28. The summed E-state index contributed by atoms with van der Waals surface area (Å²) < 4.78 is 0. The molecule has 0 bridgehead atoms. The number of carbonyl (C=O) groups is 1. The SMILES string of the molecule is Cc1ccc(-c2ccc(C)c(Cl)c2)c(C(=O)O)c1. The van der Waals surface area contributed by atoms with Crippen LogP contribution in [0.4, 0.5) is 0 Å². The highest BCUT2D eigenvalue weighted by atomic mass is 35.5. The van der Waals surface area contributed by atoms with Crippen molar-refractivity contribution in [3.63, 3.8) is 0 Å². The zero-order chi connectivity index (χ0) is 13.3. The van der Waals surface area contributed by atoms with Gasteiger partial charge in [0.25, 0.3) is 0 Å². The van der Waals surface area contributed by atoms with Gasteiger partial charge in [0.2, 0.25) is 0 Å². The Balaban J connectivity index is 2.63. The molecule has 0 aliphatic carbocycles. The van der Waals surface area contributed by atoms with Gasteiger partial charge in [-0.15, -0.1) is 0 Å². The number of halogens is 1. The second kappa shape index (κ2) is 4.83. The number of hydrogen-bond donors (Lipinski definition) is 1. The summed E-state index contributed by atoms with van der Waals surface area (Å²) in [6, 6.07) is 11.0. The molecule has 0 radical (unpaired) electrons. The second-order valence-electron chi connectivity index (χ2n) is 4.32. The zero-order valence-corrected chi connectivity index (χ0v) is 11.0. The number of aromatic carboxylic acids is 1. The van der Waals surface area contributed by atoms with Crippen molar-refractivity contribution in [2.24, 2.45) is 0 Å². The molecule has 2 aromatic rings. The van der Waals surface area contributed by atoms with Crippen LogP contribution in [0.25, 0.3) is 11.1 Å². The van der Waals surface area contributed by atoms with Gasteiger partial charge in [-0.1, -0.05) is 41.4 Å². The zero-order valence-electron chi connectivity index (χ0n) is 10.2. The third-order valence-electron chi connectivity index (χ3n) is 2.89. The van der Waals surface area contributed by atoms with Crippen LogP contribution in [0.1, 0.15) is 21.5 Å². The van der Waals surface area contributed by atoms with E-state index in [4.69, 9.17) is 11.6 Å². The fourth-order valence-corrected chi connectivity index (χ4v) is 2.03. The van der Waals surface area contributed by atoms with E-state index in [0.29, 0.717) is 16.1 Å². The summed E-state index contributed by atoms with van der Waals surface area (Å²) in [5.74, 6) is -0.926. The van der Waals surface area contributed by atoms with Crippen LogP contribution in [0, 0.1) is 13.8 Å². The molecule has 92 valence electrons. The Morgan fingerprint density at radius 3 is 2.44 bits per heavy atom. The molecular weight excluding hydrogens is 248 g/mol. The Morgan fingerprint density at radius 2 is 1.83 bits per heavy atom. The van der Waals surface area contributed by atoms with Gasteiger partial charge in [-0.2, -0.15) is 0 Å². The average Bonchev–Trinajstić information content (AvgIpc) is 2.32. The number of carboxylic acids is 1. The standard InChI is InChI=1S/C15H13ClO2/c1-9-3-6-12(13(7-9)15(17)18)11-5-4-10(2)14(16)8-11/h3-8H,1-2H3,(H,17,18). The summed E-state index contributed by atoms with van der Waals surface area (Å²) in [6.07, 6.45) is 0. The topological polar surface area (TPSA) is 37.3 Å². The lowest BCUT2D eigenvalue weighted by atomic mass is 9.97. The lowest BCUT2D eigenvalue weighted by Gasteiger charge is -2.09. The van der Waals surface area contributed by atoms with E-state index in [0.717, 1.165) is 16.7 Å². The Bertz CT molecular complexity index is 618. The first-order valence-electron chi connectivity index (χ1n) is 5.59. The van der Waals surface area contributed by atoms with Gasteiger partial charge in [0.05, 0.1) is 5.56 Å². The molecule has 0 saturated carbocycles. The molecule has 2 aromatic carbocycles. The smallest absolute Gasteiger partial charge is 0.336 e. The van der Waals surface area contributed by atoms with Gasteiger partial charge < -0.3 is 5.11 Å². The summed E-state index contributed by atoms with van der Waals surface area (Å²) in [6.45, 7) is 3.79. The molecule has 0 saturated heterocycles. The molecule has 0 amide bonds. The molecule has 0 aliphatic heterocycles. The Kier molecular flexibility index (Phi) is 3.39. The van der Waals surface area contributed by atoms with Gasteiger partial charge in [0, 0.05) is 5.02 Å². The van der Waals surface area contributed by atoms with Crippen LogP contribution in [0.2, 0.25) is 5.02 Å². The van der Waals surface area contributed by atoms with Crippen molar-refractivity contribution in [3.8, 4) is 11.1 Å². The summed E-state index contributed by atoms with van der Waals surface area (Å²) in [7, 11) is 0. The van der Waals surface area contributed by atoms with Crippen molar-refractivity contribution in [1.29, 1.82) is 0 Å². The summed E-state index contributed by atoms with van der Waals surface area (Å²) in [5.41, 5.74) is 3.71. The van der Waals surface area contributed by atoms with Crippen molar-refractivity contribution >= 4 is 17.6 Å². The summed E-state index contributed by atoms with van der Waals surface area (Å²) in [5, 5.41) is 9.89. The fourth-order valence-electron chi connectivity index (χ4n) is 1.85. The molecular formula is C15H13ClO2. The van der Waals surface area contributed by atoms with E-state index >= 15 is 0 Å². The van der Waals surface area contributed by atoms with Crippen LogP contribution in [0.15, 0.2) is 36.4 Å². The Morgan fingerprint density at radius 1 is 1.11 bits per heavy atom. The molecule has 3 heteroatoms. The molecule has 0 aromatic heterocycles. The minimum absolute atomic E-state index is 0.301. The van der Waals surface area contributed by atoms with Crippen molar-refractivity contribution in [3.05, 3.63) is 58.1 Å². The maximum absolute atomic E-state index is 11.3. The highest BCUT2D eigenvalue weighted by molar-refractivity contribution is 6.31. The number of hydrogen-bond acceptors (Lipinski definition) is 1. The molecule has 0 fully saturated rings. The number of carboxylic acid groups (broad SMARTS) is 1. The van der Waals surface area contributed by atoms with Crippen molar-refractivity contribution in [2.45, 2.75) is 13.8 Å². The van der Waals surface area contributed by atoms with Gasteiger partial charge in [-0.25, -0.2) is 4.79 Å². The number of aryl methyl sites for hydroxylation is 2. The number of benzene rings is 2. The molecule has 0 heterocycles. The van der Waals surface area contributed by atoms with Gasteiger partial charge in [0.1, 0.15) is 0 Å². The van der Waals surface area contributed by atoms with Gasteiger partial charge in [0.15, 0.2) is 0 Å². The Labute approximate surface area is 111 Å². The third-order valence-corrected chi connectivity index (χ3v) is 3.30. The minimum Gasteiger partial charge on any atom is -0.478 e. The molecule has 0 spiro atoms. The third kappa shape index (κ3) is 2.39. The van der Waals surface area contributed by atoms with Crippen LogP contribution in [-0.4, -0.2) is 11.1 Å². The molecule has 0 atom stereocenters. The van der Waals surface area contributed by atoms with Gasteiger partial charge >= 0.3 is 5.97 Å². The largest absolute Gasteiger partial charge is 0.478 e. The van der Waals surface area contributed by atoms with Crippen molar-refractivity contribution in [2.75, 3.05) is 0 Å². The summed E-state index contributed by atoms with van der Waals surface area (Å²) >= 11 is 6.08. The molecule has 1 N–H and O–H groups in total. The average molecular weight is 261 g/mol. The van der Waals surface area contributed by atoms with Crippen molar-refractivity contribution < 1.29 is 9.90 Å². The number of rotatable bonds is 2. The van der Waals surface area contributed by atoms with Gasteiger partial charge in [-0.3, -0.25) is 0 Å². The predicted molar refractivity (Wildman–Crippen MR) is 73.3 cm³/mol. The minimum atomic E-state index is -0.926. The van der Waals surface area contributed by atoms with Crippen LogP contribution >= 0.6 is 11.6 Å². The van der Waals surface area contributed by atoms with E-state index in [1.54, 1.807) is 12.1 Å². The Hall–Kier alpha value is -1.80. The molecule has 2 rings (SSSR count). The maximum Gasteiger partial charge on any atom is 0.336 e.